The Morgan fingerprint density at radius 2 is 1.74 bits per heavy atom. The van der Waals surface area contributed by atoms with Gasteiger partial charge in [-0.3, -0.25) is 4.57 Å². The van der Waals surface area contributed by atoms with Crippen LogP contribution in [0.2, 0.25) is 0 Å². The van der Waals surface area contributed by atoms with Crippen LogP contribution in [0, 0.1) is 0 Å². The van der Waals surface area contributed by atoms with Crippen LogP contribution in [0.4, 0.5) is 0 Å². The third-order valence-corrected chi connectivity index (χ3v) is 5.30. The SMILES string of the molecule is O=c1oc2ccccc2n1[C@@H]1CCCN(CCN2CCCC2)C1. The topological polar surface area (TPSA) is 41.6 Å². The Hall–Kier alpha value is -1.59. The van der Waals surface area contributed by atoms with Crippen LogP contribution in [0.5, 0.6) is 0 Å². The smallest absolute Gasteiger partial charge is 0.408 e. The first-order valence-electron chi connectivity index (χ1n) is 8.86. The standard InChI is InChI=1S/C18H25N3O2/c22-18-21(16-7-1-2-8-17(16)23-18)15-6-5-11-20(14-15)13-12-19-9-3-4-10-19/h1-2,7-8,15H,3-6,9-14H2/t15-/m1/s1. The molecule has 1 aromatic heterocycles. The Bertz CT molecular complexity index is 714. The van der Waals surface area contributed by atoms with Gasteiger partial charge >= 0.3 is 5.76 Å². The van der Waals surface area contributed by atoms with Crippen molar-refractivity contribution in [3.8, 4) is 0 Å². The fourth-order valence-electron chi connectivity index (χ4n) is 4.06. The van der Waals surface area contributed by atoms with Crippen LogP contribution in [0.3, 0.4) is 0 Å². The van der Waals surface area contributed by atoms with Gasteiger partial charge in [-0.05, 0) is 57.5 Å². The molecule has 0 aliphatic carbocycles. The molecule has 5 heteroatoms. The lowest BCUT2D eigenvalue weighted by molar-refractivity contribution is 0.156. The largest absolute Gasteiger partial charge is 0.420 e. The highest BCUT2D eigenvalue weighted by molar-refractivity contribution is 5.72. The van der Waals surface area contributed by atoms with Crippen LogP contribution in [-0.2, 0) is 0 Å². The van der Waals surface area contributed by atoms with Crippen LogP contribution in [0.1, 0.15) is 31.7 Å². The number of nitrogens with zero attached hydrogens (tertiary/aromatic N) is 3. The third-order valence-electron chi connectivity index (χ3n) is 5.30. The van der Waals surface area contributed by atoms with E-state index in [9.17, 15) is 4.79 Å². The van der Waals surface area contributed by atoms with Crippen LogP contribution < -0.4 is 5.76 Å². The monoisotopic (exact) mass is 315 g/mol. The van der Waals surface area contributed by atoms with Gasteiger partial charge in [-0.15, -0.1) is 0 Å². The van der Waals surface area contributed by atoms with Crippen molar-refractivity contribution < 1.29 is 4.42 Å². The number of hydrogen-bond acceptors (Lipinski definition) is 4. The molecule has 0 amide bonds. The number of benzene rings is 1. The molecular formula is C18H25N3O2. The summed E-state index contributed by atoms with van der Waals surface area (Å²) >= 11 is 0. The van der Waals surface area contributed by atoms with Gasteiger partial charge in [0.25, 0.3) is 0 Å². The quantitative estimate of drug-likeness (QED) is 0.868. The van der Waals surface area contributed by atoms with E-state index in [-0.39, 0.29) is 11.8 Å². The number of piperidine rings is 1. The van der Waals surface area contributed by atoms with Crippen molar-refractivity contribution >= 4 is 11.1 Å². The Balaban J connectivity index is 1.47. The molecule has 2 aliphatic heterocycles. The Kier molecular flexibility index (Phi) is 4.23. The predicted octanol–water partition coefficient (Wildman–Crippen LogP) is 2.33. The summed E-state index contributed by atoms with van der Waals surface area (Å²) in [6, 6.07) is 7.99. The fourth-order valence-corrected chi connectivity index (χ4v) is 4.06. The van der Waals surface area contributed by atoms with Gasteiger partial charge in [0.05, 0.1) is 11.6 Å². The minimum Gasteiger partial charge on any atom is -0.408 e. The molecule has 124 valence electrons. The number of hydrogen-bond donors (Lipinski definition) is 0. The number of para-hydroxylation sites is 2. The number of aromatic nitrogens is 1. The highest BCUT2D eigenvalue weighted by Crippen LogP contribution is 2.24. The maximum Gasteiger partial charge on any atom is 0.420 e. The van der Waals surface area contributed by atoms with E-state index < -0.39 is 0 Å². The molecule has 2 fully saturated rings. The Morgan fingerprint density at radius 1 is 1.00 bits per heavy atom. The fraction of sp³-hybridized carbons (Fsp3) is 0.611. The van der Waals surface area contributed by atoms with E-state index in [1.807, 2.05) is 28.8 Å². The summed E-state index contributed by atoms with van der Waals surface area (Å²) in [7, 11) is 0. The van der Waals surface area contributed by atoms with Gasteiger partial charge in [0.2, 0.25) is 0 Å². The van der Waals surface area contributed by atoms with Crippen molar-refractivity contribution in [3.63, 3.8) is 0 Å². The number of likely N-dealkylation sites (tertiary alicyclic amines) is 2. The van der Waals surface area contributed by atoms with Gasteiger partial charge in [-0.2, -0.15) is 0 Å². The van der Waals surface area contributed by atoms with Gasteiger partial charge in [-0.25, -0.2) is 4.79 Å². The maximum atomic E-state index is 12.3. The Labute approximate surface area is 136 Å². The second-order valence-corrected chi connectivity index (χ2v) is 6.85. The minimum atomic E-state index is -0.211. The summed E-state index contributed by atoms with van der Waals surface area (Å²) in [6.45, 7) is 6.88. The lowest BCUT2D eigenvalue weighted by Crippen LogP contribution is -2.42. The van der Waals surface area contributed by atoms with E-state index in [1.54, 1.807) is 0 Å². The average molecular weight is 315 g/mol. The lowest BCUT2D eigenvalue weighted by Gasteiger charge is -2.34. The molecule has 0 bridgehead atoms. The summed E-state index contributed by atoms with van der Waals surface area (Å²) in [5.41, 5.74) is 1.63. The average Bonchev–Trinajstić information content (AvgIpc) is 3.19. The first-order chi connectivity index (χ1) is 11.3. The molecule has 4 rings (SSSR count). The summed E-state index contributed by atoms with van der Waals surface area (Å²) in [4.78, 5) is 17.4. The minimum absolute atomic E-state index is 0.211. The molecule has 0 unspecified atom stereocenters. The van der Waals surface area contributed by atoms with E-state index in [0.29, 0.717) is 5.58 Å². The number of fused-ring (bicyclic) bond motifs is 1. The van der Waals surface area contributed by atoms with Crippen molar-refractivity contribution in [2.75, 3.05) is 39.3 Å². The summed E-state index contributed by atoms with van der Waals surface area (Å²) in [6.07, 6.45) is 4.90. The van der Waals surface area contributed by atoms with E-state index in [1.165, 1.54) is 25.9 Å². The van der Waals surface area contributed by atoms with Crippen molar-refractivity contribution in [2.45, 2.75) is 31.7 Å². The molecule has 5 nitrogen and oxygen atoms in total. The summed E-state index contributed by atoms with van der Waals surface area (Å²) < 4.78 is 7.28. The highest BCUT2D eigenvalue weighted by Gasteiger charge is 2.25. The molecule has 2 aliphatic rings. The zero-order valence-electron chi connectivity index (χ0n) is 13.6. The summed E-state index contributed by atoms with van der Waals surface area (Å²) in [5, 5.41) is 0. The second kappa shape index (κ2) is 6.49. The Morgan fingerprint density at radius 3 is 2.61 bits per heavy atom. The molecule has 1 atom stereocenters. The first kappa shape index (κ1) is 15.0. The van der Waals surface area contributed by atoms with Crippen LogP contribution >= 0.6 is 0 Å². The van der Waals surface area contributed by atoms with Crippen molar-refractivity contribution in [2.24, 2.45) is 0 Å². The number of oxazole rings is 1. The number of rotatable bonds is 4. The highest BCUT2D eigenvalue weighted by atomic mass is 16.4. The first-order valence-corrected chi connectivity index (χ1v) is 8.86. The molecule has 0 N–H and O–H groups in total. The molecule has 0 radical (unpaired) electrons. The van der Waals surface area contributed by atoms with E-state index in [2.05, 4.69) is 9.80 Å². The van der Waals surface area contributed by atoms with Crippen LogP contribution in [0.25, 0.3) is 11.1 Å². The zero-order chi connectivity index (χ0) is 15.6. The zero-order valence-corrected chi connectivity index (χ0v) is 13.6. The molecular weight excluding hydrogens is 290 g/mol. The van der Waals surface area contributed by atoms with Gasteiger partial charge in [0.1, 0.15) is 0 Å². The molecule has 2 saturated heterocycles. The van der Waals surface area contributed by atoms with E-state index in [4.69, 9.17) is 4.42 Å². The molecule has 23 heavy (non-hydrogen) atoms. The molecule has 0 saturated carbocycles. The van der Waals surface area contributed by atoms with Gasteiger partial charge in [0, 0.05) is 19.6 Å². The van der Waals surface area contributed by atoms with Gasteiger partial charge in [0.15, 0.2) is 5.58 Å². The van der Waals surface area contributed by atoms with Crippen molar-refractivity contribution in [1.82, 2.24) is 14.4 Å². The van der Waals surface area contributed by atoms with Crippen LogP contribution in [-0.4, -0.2) is 53.6 Å². The molecule has 2 aromatic rings. The molecule has 0 spiro atoms. The third kappa shape index (κ3) is 3.08. The van der Waals surface area contributed by atoms with Gasteiger partial charge in [-0.1, -0.05) is 12.1 Å². The summed E-state index contributed by atoms with van der Waals surface area (Å²) in [5.74, 6) is -0.211. The van der Waals surface area contributed by atoms with E-state index >= 15 is 0 Å². The van der Waals surface area contributed by atoms with E-state index in [0.717, 1.165) is 44.5 Å². The predicted molar refractivity (Wildman–Crippen MR) is 90.9 cm³/mol. The molecule has 1 aromatic carbocycles. The van der Waals surface area contributed by atoms with Crippen molar-refractivity contribution in [3.05, 3.63) is 34.8 Å². The normalized spacial score (nSPS) is 23.7. The second-order valence-electron chi connectivity index (χ2n) is 6.85. The van der Waals surface area contributed by atoms with Gasteiger partial charge < -0.3 is 14.2 Å². The lowest BCUT2D eigenvalue weighted by atomic mass is 10.1. The molecule has 3 heterocycles. The van der Waals surface area contributed by atoms with Crippen molar-refractivity contribution in [1.29, 1.82) is 0 Å². The maximum absolute atomic E-state index is 12.3. The van der Waals surface area contributed by atoms with Crippen LogP contribution in [0.15, 0.2) is 33.5 Å².